The summed E-state index contributed by atoms with van der Waals surface area (Å²) in [4.78, 5) is 21.5. The number of carbonyl (C=O) groups excluding carboxylic acids is 1. The van der Waals surface area contributed by atoms with E-state index in [-0.39, 0.29) is 12.5 Å². The minimum Gasteiger partial charge on any atom is -0.392 e. The number of hydrogen-bond donors (Lipinski definition) is 2. The average Bonchev–Trinajstić information content (AvgIpc) is 2.72. The first-order valence-corrected chi connectivity index (χ1v) is 10.5. The Bertz CT molecular complexity index is 872. The van der Waals surface area contributed by atoms with E-state index in [0.717, 1.165) is 59.8 Å². The summed E-state index contributed by atoms with van der Waals surface area (Å²) >= 11 is 0. The van der Waals surface area contributed by atoms with Crippen LogP contribution in [0.2, 0.25) is 0 Å². The largest absolute Gasteiger partial charge is 0.392 e. The number of anilines is 1. The zero-order valence-electron chi connectivity index (χ0n) is 16.6. The molecule has 5 heteroatoms. The van der Waals surface area contributed by atoms with Crippen LogP contribution in [0.4, 0.5) is 5.82 Å². The zero-order chi connectivity index (χ0) is 19.5. The molecule has 0 unspecified atom stereocenters. The van der Waals surface area contributed by atoms with Gasteiger partial charge in [-0.25, -0.2) is 9.97 Å². The minimum atomic E-state index is -0.100. The number of benzene rings is 1. The smallest absolute Gasteiger partial charge is 0.222 e. The predicted molar refractivity (Wildman–Crippen MR) is 110 cm³/mol. The standard InChI is InChI=1S/C23H29N3O2/c1-15(28)24-23-21(11-8-16-5-3-2-4-6-16)25-22-19-10-7-17(14-27)13-18(19)9-12-20(22)26-23/h7,10,13,16,27H,2-6,8-9,11-12,14H2,1H3,(H,24,26,28). The van der Waals surface area contributed by atoms with E-state index in [1.807, 2.05) is 6.07 Å². The lowest BCUT2D eigenvalue weighted by Crippen LogP contribution is -2.17. The van der Waals surface area contributed by atoms with Crippen LogP contribution in [0.1, 0.15) is 68.0 Å². The fourth-order valence-electron chi connectivity index (χ4n) is 4.59. The SMILES string of the molecule is CC(=O)Nc1nc2c(nc1CCC1CCCCC1)-c1ccc(CO)cc1CC2. The predicted octanol–water partition coefficient (Wildman–Crippen LogP) is 4.21. The first-order chi connectivity index (χ1) is 13.6. The number of aromatic nitrogens is 2. The Morgan fingerprint density at radius 1 is 1.18 bits per heavy atom. The number of fused-ring (bicyclic) bond motifs is 3. The van der Waals surface area contributed by atoms with Crippen molar-refractivity contribution in [3.63, 3.8) is 0 Å². The molecule has 1 aromatic carbocycles. The molecule has 1 aromatic heterocycles. The highest BCUT2D eigenvalue weighted by atomic mass is 16.3. The second kappa shape index (κ2) is 8.39. The van der Waals surface area contributed by atoms with E-state index in [0.29, 0.717) is 5.82 Å². The topological polar surface area (TPSA) is 75.1 Å². The highest BCUT2D eigenvalue weighted by Gasteiger charge is 2.23. The van der Waals surface area contributed by atoms with Crippen LogP contribution < -0.4 is 5.32 Å². The van der Waals surface area contributed by atoms with Gasteiger partial charge in [0, 0.05) is 12.5 Å². The summed E-state index contributed by atoms with van der Waals surface area (Å²) in [5.74, 6) is 1.30. The maximum atomic E-state index is 11.7. The van der Waals surface area contributed by atoms with Crippen molar-refractivity contribution in [3.8, 4) is 11.3 Å². The third-order valence-corrected chi connectivity index (χ3v) is 6.09. The Morgan fingerprint density at radius 3 is 2.75 bits per heavy atom. The van der Waals surface area contributed by atoms with E-state index in [4.69, 9.17) is 9.97 Å². The van der Waals surface area contributed by atoms with Crippen molar-refractivity contribution in [2.45, 2.75) is 71.3 Å². The quantitative estimate of drug-likeness (QED) is 0.816. The number of hydrogen-bond acceptors (Lipinski definition) is 4. The van der Waals surface area contributed by atoms with E-state index in [9.17, 15) is 9.90 Å². The molecule has 1 fully saturated rings. The van der Waals surface area contributed by atoms with E-state index >= 15 is 0 Å². The van der Waals surface area contributed by atoms with Crippen LogP contribution in [0.5, 0.6) is 0 Å². The zero-order valence-corrected chi connectivity index (χ0v) is 16.6. The number of amides is 1. The monoisotopic (exact) mass is 379 g/mol. The summed E-state index contributed by atoms with van der Waals surface area (Å²) in [6.45, 7) is 1.58. The van der Waals surface area contributed by atoms with E-state index in [1.54, 1.807) is 0 Å². The van der Waals surface area contributed by atoms with Gasteiger partial charge in [-0.05, 0) is 42.7 Å². The molecule has 0 atom stereocenters. The van der Waals surface area contributed by atoms with Crippen LogP contribution in [0, 0.1) is 5.92 Å². The number of aliphatic hydroxyl groups excluding tert-OH is 1. The number of rotatable bonds is 5. The normalized spacial score (nSPS) is 16.4. The highest BCUT2D eigenvalue weighted by molar-refractivity contribution is 5.88. The van der Waals surface area contributed by atoms with Crippen molar-refractivity contribution in [2.24, 2.45) is 5.92 Å². The molecule has 2 aliphatic carbocycles. The number of nitrogens with one attached hydrogen (secondary N) is 1. The lowest BCUT2D eigenvalue weighted by atomic mass is 9.85. The Hall–Kier alpha value is -2.27. The second-order valence-electron chi connectivity index (χ2n) is 8.19. The molecule has 28 heavy (non-hydrogen) atoms. The van der Waals surface area contributed by atoms with Crippen molar-refractivity contribution in [3.05, 3.63) is 40.7 Å². The Labute approximate surface area is 166 Å². The second-order valence-corrected chi connectivity index (χ2v) is 8.19. The molecule has 4 rings (SSSR count). The van der Waals surface area contributed by atoms with E-state index < -0.39 is 0 Å². The van der Waals surface area contributed by atoms with Crippen LogP contribution in [0.3, 0.4) is 0 Å². The summed E-state index contributed by atoms with van der Waals surface area (Å²) in [6.07, 6.45) is 10.3. The number of carbonyl (C=O) groups is 1. The van der Waals surface area contributed by atoms with Crippen molar-refractivity contribution >= 4 is 11.7 Å². The van der Waals surface area contributed by atoms with Gasteiger partial charge in [0.1, 0.15) is 0 Å². The van der Waals surface area contributed by atoms with E-state index in [2.05, 4.69) is 17.4 Å². The molecule has 1 heterocycles. The van der Waals surface area contributed by atoms with Crippen LogP contribution in [0.25, 0.3) is 11.3 Å². The fraction of sp³-hybridized carbons (Fsp3) is 0.522. The molecule has 5 nitrogen and oxygen atoms in total. The molecule has 0 saturated heterocycles. The Morgan fingerprint density at radius 2 is 2.00 bits per heavy atom. The molecular formula is C23H29N3O2. The lowest BCUT2D eigenvalue weighted by Gasteiger charge is -2.23. The maximum absolute atomic E-state index is 11.7. The molecular weight excluding hydrogens is 350 g/mol. The number of aryl methyl sites for hydroxylation is 3. The van der Waals surface area contributed by atoms with Gasteiger partial charge in [-0.3, -0.25) is 4.79 Å². The van der Waals surface area contributed by atoms with Gasteiger partial charge in [0.25, 0.3) is 0 Å². The Kier molecular flexibility index (Phi) is 5.72. The third kappa shape index (κ3) is 4.09. The fourth-order valence-corrected chi connectivity index (χ4v) is 4.59. The van der Waals surface area contributed by atoms with Crippen molar-refractivity contribution in [2.75, 3.05) is 5.32 Å². The molecule has 2 N–H and O–H groups in total. The molecule has 1 saturated carbocycles. The number of nitrogens with zero attached hydrogens (tertiary/aromatic N) is 2. The molecule has 2 aliphatic rings. The average molecular weight is 380 g/mol. The molecule has 148 valence electrons. The third-order valence-electron chi connectivity index (χ3n) is 6.09. The first kappa shape index (κ1) is 19.1. The molecule has 0 spiro atoms. The van der Waals surface area contributed by atoms with Crippen LogP contribution in [-0.4, -0.2) is 21.0 Å². The molecule has 0 aliphatic heterocycles. The van der Waals surface area contributed by atoms with Crippen molar-refractivity contribution in [1.82, 2.24) is 9.97 Å². The van der Waals surface area contributed by atoms with Crippen molar-refractivity contribution < 1.29 is 9.90 Å². The van der Waals surface area contributed by atoms with Crippen LogP contribution in [-0.2, 0) is 30.7 Å². The molecule has 2 aromatic rings. The van der Waals surface area contributed by atoms with Gasteiger partial charge in [-0.1, -0.05) is 50.3 Å². The van der Waals surface area contributed by atoms with Gasteiger partial charge >= 0.3 is 0 Å². The van der Waals surface area contributed by atoms with Gasteiger partial charge < -0.3 is 10.4 Å². The van der Waals surface area contributed by atoms with Gasteiger partial charge in [-0.15, -0.1) is 0 Å². The van der Waals surface area contributed by atoms with Crippen molar-refractivity contribution in [1.29, 1.82) is 0 Å². The maximum Gasteiger partial charge on any atom is 0.222 e. The Balaban J connectivity index is 1.66. The summed E-state index contributed by atoms with van der Waals surface area (Å²) in [5.41, 5.74) is 6.06. The minimum absolute atomic E-state index is 0.0555. The summed E-state index contributed by atoms with van der Waals surface area (Å²) in [7, 11) is 0. The van der Waals surface area contributed by atoms with Crippen LogP contribution >= 0.6 is 0 Å². The summed E-state index contributed by atoms with van der Waals surface area (Å²) in [5, 5.41) is 12.3. The summed E-state index contributed by atoms with van der Waals surface area (Å²) in [6, 6.07) is 6.08. The summed E-state index contributed by atoms with van der Waals surface area (Å²) < 4.78 is 0. The molecule has 1 amide bonds. The molecule has 0 bridgehead atoms. The van der Waals surface area contributed by atoms with Gasteiger partial charge in [0.2, 0.25) is 5.91 Å². The van der Waals surface area contributed by atoms with Gasteiger partial charge in [-0.2, -0.15) is 0 Å². The lowest BCUT2D eigenvalue weighted by molar-refractivity contribution is -0.114. The first-order valence-electron chi connectivity index (χ1n) is 10.5. The molecule has 0 radical (unpaired) electrons. The van der Waals surface area contributed by atoms with Crippen LogP contribution in [0.15, 0.2) is 18.2 Å². The number of aliphatic hydroxyl groups is 1. The van der Waals surface area contributed by atoms with Gasteiger partial charge in [0.15, 0.2) is 5.82 Å². The van der Waals surface area contributed by atoms with E-state index in [1.165, 1.54) is 44.6 Å². The van der Waals surface area contributed by atoms with Gasteiger partial charge in [0.05, 0.1) is 23.7 Å². The highest BCUT2D eigenvalue weighted by Crippen LogP contribution is 2.34.